The van der Waals surface area contributed by atoms with Crippen LogP contribution in [0.1, 0.15) is 21.5 Å². The van der Waals surface area contributed by atoms with Gasteiger partial charge in [-0.2, -0.15) is 0 Å². The predicted octanol–water partition coefficient (Wildman–Crippen LogP) is 4.61. The van der Waals surface area contributed by atoms with E-state index in [9.17, 15) is 9.18 Å². The Balaban J connectivity index is 2.12. The molecule has 0 spiro atoms. The summed E-state index contributed by atoms with van der Waals surface area (Å²) in [5.74, 6) is -0.416. The van der Waals surface area contributed by atoms with Gasteiger partial charge < -0.3 is 4.98 Å². The third-order valence-corrected chi connectivity index (χ3v) is 3.80. The molecule has 0 aliphatic rings. The number of hydrogen-bond donors (Lipinski definition) is 1. The molecule has 0 amide bonds. The topological polar surface area (TPSA) is 32.9 Å². The number of hydrogen-bond acceptors (Lipinski definition) is 1. The second-order valence-electron chi connectivity index (χ2n) is 4.69. The van der Waals surface area contributed by atoms with Gasteiger partial charge in [0.15, 0.2) is 5.78 Å². The first-order chi connectivity index (χ1) is 9.56. The molecule has 0 atom stereocenters. The molecule has 20 heavy (non-hydrogen) atoms. The Morgan fingerprint density at radius 3 is 2.75 bits per heavy atom. The zero-order chi connectivity index (χ0) is 14.3. The Bertz CT molecular complexity index is 822. The van der Waals surface area contributed by atoms with Gasteiger partial charge in [0.05, 0.1) is 0 Å². The van der Waals surface area contributed by atoms with Gasteiger partial charge in [0.2, 0.25) is 0 Å². The minimum absolute atomic E-state index is 0.113. The fraction of sp³-hybridized carbons (Fsp3) is 0.0625. The summed E-state index contributed by atoms with van der Waals surface area (Å²) >= 11 is 3.40. The van der Waals surface area contributed by atoms with E-state index >= 15 is 0 Å². The van der Waals surface area contributed by atoms with E-state index in [1.807, 2.05) is 18.2 Å². The minimum atomic E-state index is -0.303. The van der Waals surface area contributed by atoms with Crippen molar-refractivity contribution in [3.8, 4) is 0 Å². The average molecular weight is 332 g/mol. The van der Waals surface area contributed by atoms with Crippen molar-refractivity contribution in [3.63, 3.8) is 0 Å². The second kappa shape index (κ2) is 4.87. The van der Waals surface area contributed by atoms with E-state index in [1.54, 1.807) is 19.2 Å². The number of H-pyrrole nitrogens is 1. The highest BCUT2D eigenvalue weighted by atomic mass is 79.9. The van der Waals surface area contributed by atoms with Crippen LogP contribution in [0.3, 0.4) is 0 Å². The van der Waals surface area contributed by atoms with Crippen LogP contribution in [0, 0.1) is 12.7 Å². The van der Waals surface area contributed by atoms with Crippen molar-refractivity contribution < 1.29 is 9.18 Å². The highest BCUT2D eigenvalue weighted by molar-refractivity contribution is 9.10. The standard InChI is InChI=1S/C16H11BrFNO/c1-9-6-10(2-4-14(9)18)16(20)13-8-19-15-5-3-11(17)7-12(13)15/h2-8,19H,1H3. The monoisotopic (exact) mass is 331 g/mol. The molecule has 0 aliphatic heterocycles. The Labute approximate surface area is 123 Å². The first kappa shape index (κ1) is 13.1. The predicted molar refractivity (Wildman–Crippen MR) is 80.6 cm³/mol. The maximum Gasteiger partial charge on any atom is 0.195 e. The zero-order valence-corrected chi connectivity index (χ0v) is 12.3. The molecule has 0 saturated heterocycles. The van der Waals surface area contributed by atoms with Gasteiger partial charge in [0, 0.05) is 32.7 Å². The molecule has 2 aromatic carbocycles. The zero-order valence-electron chi connectivity index (χ0n) is 10.7. The molecule has 1 N–H and O–H groups in total. The lowest BCUT2D eigenvalue weighted by Crippen LogP contribution is -2.01. The Morgan fingerprint density at radius 2 is 2.00 bits per heavy atom. The van der Waals surface area contributed by atoms with Gasteiger partial charge in [-0.05, 0) is 48.9 Å². The van der Waals surface area contributed by atoms with E-state index in [4.69, 9.17) is 0 Å². The van der Waals surface area contributed by atoms with Crippen LogP contribution in [-0.2, 0) is 0 Å². The summed E-state index contributed by atoms with van der Waals surface area (Å²) in [6, 6.07) is 10.1. The highest BCUT2D eigenvalue weighted by Gasteiger charge is 2.15. The Kier molecular flexibility index (Phi) is 3.18. The van der Waals surface area contributed by atoms with Gasteiger partial charge in [-0.1, -0.05) is 15.9 Å². The lowest BCUT2D eigenvalue weighted by molar-refractivity contribution is 0.104. The summed E-state index contributed by atoms with van der Waals surface area (Å²) in [7, 11) is 0. The number of fused-ring (bicyclic) bond motifs is 1. The van der Waals surface area contributed by atoms with Crippen molar-refractivity contribution in [2.24, 2.45) is 0 Å². The first-order valence-electron chi connectivity index (χ1n) is 6.14. The number of aromatic nitrogens is 1. The number of carbonyl (C=O) groups excluding carboxylic acids is 1. The third-order valence-electron chi connectivity index (χ3n) is 3.31. The van der Waals surface area contributed by atoms with Gasteiger partial charge in [-0.3, -0.25) is 4.79 Å². The van der Waals surface area contributed by atoms with Crippen molar-refractivity contribution in [1.82, 2.24) is 4.98 Å². The lowest BCUT2D eigenvalue weighted by atomic mass is 10.0. The molecule has 0 unspecified atom stereocenters. The minimum Gasteiger partial charge on any atom is -0.360 e. The van der Waals surface area contributed by atoms with Crippen LogP contribution in [0.5, 0.6) is 0 Å². The van der Waals surface area contributed by atoms with E-state index in [-0.39, 0.29) is 11.6 Å². The van der Waals surface area contributed by atoms with Gasteiger partial charge in [-0.15, -0.1) is 0 Å². The van der Waals surface area contributed by atoms with E-state index in [0.29, 0.717) is 16.7 Å². The molecule has 0 fully saturated rings. The number of halogens is 2. The number of carbonyl (C=O) groups is 1. The van der Waals surface area contributed by atoms with Crippen molar-refractivity contribution in [1.29, 1.82) is 0 Å². The average Bonchev–Trinajstić information content (AvgIpc) is 2.84. The molecule has 4 heteroatoms. The van der Waals surface area contributed by atoms with Gasteiger partial charge in [0.1, 0.15) is 5.82 Å². The van der Waals surface area contributed by atoms with Crippen LogP contribution in [0.4, 0.5) is 4.39 Å². The van der Waals surface area contributed by atoms with Crippen LogP contribution in [0.15, 0.2) is 47.1 Å². The van der Waals surface area contributed by atoms with Crippen molar-refractivity contribution in [2.45, 2.75) is 6.92 Å². The molecule has 1 heterocycles. The summed E-state index contributed by atoms with van der Waals surface area (Å²) < 4.78 is 14.2. The number of aryl methyl sites for hydroxylation is 1. The smallest absolute Gasteiger partial charge is 0.195 e. The molecule has 2 nitrogen and oxygen atoms in total. The van der Waals surface area contributed by atoms with Crippen LogP contribution in [-0.4, -0.2) is 10.8 Å². The summed E-state index contributed by atoms with van der Waals surface area (Å²) in [4.78, 5) is 15.6. The summed E-state index contributed by atoms with van der Waals surface area (Å²) in [6.07, 6.45) is 1.69. The fourth-order valence-corrected chi connectivity index (χ4v) is 2.58. The Hall–Kier alpha value is -1.94. The largest absolute Gasteiger partial charge is 0.360 e. The molecular weight excluding hydrogens is 321 g/mol. The van der Waals surface area contributed by atoms with Crippen LogP contribution >= 0.6 is 15.9 Å². The molecule has 0 aliphatic carbocycles. The van der Waals surface area contributed by atoms with Crippen molar-refractivity contribution >= 4 is 32.6 Å². The molecule has 0 radical (unpaired) electrons. The number of benzene rings is 2. The van der Waals surface area contributed by atoms with E-state index in [0.717, 1.165) is 15.4 Å². The number of rotatable bonds is 2. The first-order valence-corrected chi connectivity index (χ1v) is 6.93. The van der Waals surface area contributed by atoms with Crippen LogP contribution < -0.4 is 0 Å². The molecular formula is C16H11BrFNO. The molecule has 0 bridgehead atoms. The lowest BCUT2D eigenvalue weighted by Gasteiger charge is -2.02. The summed E-state index contributed by atoms with van der Waals surface area (Å²) in [5, 5.41) is 0.853. The maximum absolute atomic E-state index is 13.3. The third kappa shape index (κ3) is 2.16. The molecule has 0 saturated carbocycles. The van der Waals surface area contributed by atoms with Crippen LogP contribution in [0.2, 0.25) is 0 Å². The van der Waals surface area contributed by atoms with Crippen molar-refractivity contribution in [3.05, 3.63) is 69.6 Å². The van der Waals surface area contributed by atoms with Crippen LogP contribution in [0.25, 0.3) is 10.9 Å². The highest BCUT2D eigenvalue weighted by Crippen LogP contribution is 2.25. The van der Waals surface area contributed by atoms with Gasteiger partial charge in [-0.25, -0.2) is 4.39 Å². The fourth-order valence-electron chi connectivity index (χ4n) is 2.22. The van der Waals surface area contributed by atoms with E-state index in [2.05, 4.69) is 20.9 Å². The van der Waals surface area contributed by atoms with Gasteiger partial charge >= 0.3 is 0 Å². The SMILES string of the molecule is Cc1cc(C(=O)c2c[nH]c3ccc(Br)cc23)ccc1F. The van der Waals surface area contributed by atoms with E-state index in [1.165, 1.54) is 12.1 Å². The summed E-state index contributed by atoms with van der Waals surface area (Å²) in [5.41, 5.74) is 2.45. The molecule has 100 valence electrons. The van der Waals surface area contributed by atoms with E-state index < -0.39 is 0 Å². The molecule has 3 aromatic rings. The maximum atomic E-state index is 13.3. The van der Waals surface area contributed by atoms with Crippen molar-refractivity contribution in [2.75, 3.05) is 0 Å². The molecule has 1 aromatic heterocycles. The second-order valence-corrected chi connectivity index (χ2v) is 5.60. The normalized spacial score (nSPS) is 10.9. The quantitative estimate of drug-likeness (QED) is 0.683. The number of aromatic amines is 1. The summed E-state index contributed by atoms with van der Waals surface area (Å²) in [6.45, 7) is 1.65. The number of nitrogens with one attached hydrogen (secondary N) is 1. The number of ketones is 1. The van der Waals surface area contributed by atoms with Gasteiger partial charge in [0.25, 0.3) is 0 Å². The molecule has 3 rings (SSSR count). The Morgan fingerprint density at radius 1 is 1.20 bits per heavy atom.